The summed E-state index contributed by atoms with van der Waals surface area (Å²) in [5.74, 6) is -19.3. The maximum absolute atomic E-state index is 15.3. The normalized spacial score (nSPS) is 22.2. The number of hydrogen-bond donors (Lipinski definition) is 20. The molecule has 5 aromatic rings. The van der Waals surface area contributed by atoms with Gasteiger partial charge >= 0.3 is 5.97 Å². The standard InChI is InChI=1S/C77H113N23O17S2/c1-12-40(5)63(96-59(102)33-82-8)74(115)94-55-36-118-119-37-56(76(117)100(11)64(65(79)106)41(6)13-2)95-67(108)49(22-18-26-84-77(80)81)88-70(111)52(29-45-32-83-38-86-45)90-66(107)42(7)87-60(103)35-99(10)75(116)54(27-43-31-85-48-21-16-14-19-46(43)48)93-71(112)53(30-61(104)105)91-68(109)50(24-25-58(78)101)89-69(110)51(92-73(114)62(39(3)4)97-72(55)113)28-44-34-98(9)57-23-17-15-20-47(44)57/h14-17,19-21,23,31-32,34,38-42,49-56,62-64,82,85H,12-13,18,22,24-30,33,35-37H2,1-11H3,(H2,78,101)(H2,79,106)(H,83,86)(H,87,103)(H,88,111)(H,89,110)(H,90,107)(H,91,109)(H,92,114)(H,93,112)(H,94,115)(H,95,108)(H,96,102)(H,97,113)(H,104,105)(H4,80,81,84)/t40-,41-,42-,49-,50-,51-,52-,53-,54-,55-,56-,62-,63-,64-/m0/s1. The van der Waals surface area contributed by atoms with E-state index >= 15 is 24.0 Å². The highest BCUT2D eigenvalue weighted by molar-refractivity contribution is 8.76. The summed E-state index contributed by atoms with van der Waals surface area (Å²) in [4.78, 5) is 242. The van der Waals surface area contributed by atoms with E-state index in [-0.39, 0.29) is 56.6 Å². The summed E-state index contributed by atoms with van der Waals surface area (Å²) in [5, 5.41) is 53.5. The lowest BCUT2D eigenvalue weighted by atomic mass is 9.97. The number of primary amides is 2. The summed E-state index contributed by atoms with van der Waals surface area (Å²) in [6, 6.07) is -5.25. The van der Waals surface area contributed by atoms with Crippen molar-refractivity contribution in [3.8, 4) is 0 Å². The third-order valence-corrected chi connectivity index (χ3v) is 22.7. The summed E-state index contributed by atoms with van der Waals surface area (Å²) in [7, 11) is 7.54. The van der Waals surface area contributed by atoms with Gasteiger partial charge in [-0.3, -0.25) is 82.1 Å². The number of guanidine groups is 1. The van der Waals surface area contributed by atoms with Gasteiger partial charge in [0.2, 0.25) is 88.6 Å². The molecule has 650 valence electrons. The number of aromatic amines is 2. The Morgan fingerprint density at radius 2 is 1.25 bits per heavy atom. The monoisotopic (exact) mass is 1700 g/mol. The van der Waals surface area contributed by atoms with Crippen LogP contribution in [-0.2, 0) is 103 Å². The fourth-order valence-corrected chi connectivity index (χ4v) is 15.6. The second-order valence-corrected chi connectivity index (χ2v) is 32.4. The number of nitrogens with one attached hydrogen (secondary N) is 16. The molecule has 0 spiro atoms. The first-order valence-corrected chi connectivity index (χ1v) is 41.5. The van der Waals surface area contributed by atoms with E-state index in [1.54, 1.807) is 114 Å². The number of carbonyl (C=O) groups is 16. The SMILES string of the molecule is CC[C@H](C)[C@H](NC(=O)CNC)C(=O)N[C@H]1CSSC[C@@H](C(=O)N(C)[C@H](C(N)=O)[C@@H](C)CC)NC(=O)[C@H](CCCNC(=N)N)NC(=O)[C@H](Cc2c[nH]cn2)NC(=O)[C@H](C)NC(=O)CN(C)C(=O)[C@H](Cc2c[nH]c3ccccc23)NC(=O)[C@H](CC(=O)O)NC(=O)[C@H](CCC(N)=O)NC(=O)[C@H](Cc2cn(C)c3ccccc23)NC(=O)[C@H](C(C)C)NC1=O. The van der Waals surface area contributed by atoms with E-state index in [1.807, 2.05) is 0 Å². The summed E-state index contributed by atoms with van der Waals surface area (Å²) < 4.78 is 1.76. The first-order valence-electron chi connectivity index (χ1n) is 39.0. The molecule has 40 nitrogen and oxygen atoms in total. The van der Waals surface area contributed by atoms with Crippen LogP contribution < -0.4 is 86.3 Å². The lowest BCUT2D eigenvalue weighted by Crippen LogP contribution is -2.62. The van der Waals surface area contributed by atoms with Crippen LogP contribution >= 0.6 is 21.6 Å². The van der Waals surface area contributed by atoms with Crippen molar-refractivity contribution in [2.45, 2.75) is 185 Å². The minimum Gasteiger partial charge on any atom is -0.481 e. The number of imidazole rings is 1. The van der Waals surface area contributed by atoms with E-state index in [4.69, 9.17) is 22.6 Å². The van der Waals surface area contributed by atoms with Gasteiger partial charge in [-0.25, -0.2) is 4.98 Å². The predicted octanol–water partition coefficient (Wildman–Crippen LogP) is -3.10. The molecule has 119 heavy (non-hydrogen) atoms. The molecule has 4 heterocycles. The fraction of sp³-hybridized carbons (Fsp3) is 0.532. The van der Waals surface area contributed by atoms with Crippen molar-refractivity contribution in [3.05, 3.63) is 90.3 Å². The van der Waals surface area contributed by atoms with Crippen molar-refractivity contribution < 1.29 is 81.8 Å². The number of aliphatic carboxylic acids is 1. The summed E-state index contributed by atoms with van der Waals surface area (Å²) in [6.07, 6.45) is 3.17. The molecule has 3 aromatic heterocycles. The van der Waals surface area contributed by atoms with Crippen LogP contribution in [0.15, 0.2) is 73.4 Å². The zero-order chi connectivity index (χ0) is 88.1. The molecule has 1 fully saturated rings. The molecule has 14 atom stereocenters. The van der Waals surface area contributed by atoms with Gasteiger partial charge in [0.15, 0.2) is 5.96 Å². The Hall–Kier alpha value is -11.8. The Labute approximate surface area is 696 Å². The van der Waals surface area contributed by atoms with Gasteiger partial charge < -0.3 is 116 Å². The predicted molar refractivity (Wildman–Crippen MR) is 444 cm³/mol. The molecule has 42 heteroatoms. The third-order valence-electron chi connectivity index (χ3n) is 20.3. The van der Waals surface area contributed by atoms with E-state index in [1.165, 1.54) is 40.6 Å². The van der Waals surface area contributed by atoms with E-state index < -0.39 is 222 Å². The fourth-order valence-electron chi connectivity index (χ4n) is 13.3. The van der Waals surface area contributed by atoms with Crippen LogP contribution in [0.1, 0.15) is 110 Å². The van der Waals surface area contributed by atoms with Crippen molar-refractivity contribution in [3.63, 3.8) is 0 Å². The van der Waals surface area contributed by atoms with E-state index in [9.17, 15) is 57.8 Å². The molecular formula is C77H113N23O17S2. The molecule has 0 aliphatic carbocycles. The molecule has 1 saturated heterocycles. The number of aromatic nitrogens is 4. The average molecular weight is 1700 g/mol. The van der Waals surface area contributed by atoms with Crippen molar-refractivity contribution in [2.24, 2.45) is 42.0 Å². The number of para-hydroxylation sites is 2. The molecule has 6 rings (SSSR count). The van der Waals surface area contributed by atoms with Gasteiger partial charge in [-0.05, 0) is 74.2 Å². The van der Waals surface area contributed by atoms with E-state index in [0.29, 0.717) is 45.8 Å². The molecule has 0 bridgehead atoms. The van der Waals surface area contributed by atoms with E-state index in [2.05, 4.69) is 84.1 Å². The first kappa shape index (κ1) is 96.0. The van der Waals surface area contributed by atoms with Crippen LogP contribution in [-0.4, -0.2) is 260 Å². The number of rotatable bonds is 28. The second kappa shape index (κ2) is 46.4. The van der Waals surface area contributed by atoms with E-state index in [0.717, 1.165) is 31.4 Å². The van der Waals surface area contributed by atoms with Crippen LogP contribution in [0.3, 0.4) is 0 Å². The number of hydrogen-bond acceptors (Lipinski definition) is 21. The Morgan fingerprint density at radius 3 is 1.87 bits per heavy atom. The lowest BCUT2D eigenvalue weighted by molar-refractivity contribution is -0.142. The Balaban J connectivity index is 1.52. The molecule has 23 N–H and O–H groups in total. The third kappa shape index (κ3) is 28.8. The Bertz CT molecular complexity index is 4440. The summed E-state index contributed by atoms with van der Waals surface area (Å²) in [5.41, 5.74) is 19.6. The number of carboxylic acids is 1. The van der Waals surface area contributed by atoms with Gasteiger partial charge in [-0.2, -0.15) is 0 Å². The van der Waals surface area contributed by atoms with Crippen LogP contribution in [0.5, 0.6) is 0 Å². The Kier molecular flexibility index (Phi) is 37.4. The number of nitrogens with zero attached hydrogens (tertiary/aromatic N) is 4. The number of likely N-dealkylation sites (N-methyl/N-ethyl adjacent to an activating group) is 3. The average Bonchev–Trinajstić information content (AvgIpc) is 1.72. The molecule has 0 saturated carbocycles. The number of fused-ring (bicyclic) bond motifs is 2. The van der Waals surface area contributed by atoms with Gasteiger partial charge in [0.25, 0.3) is 0 Å². The molecule has 1 aliphatic rings. The number of aryl methyl sites for hydroxylation is 1. The topological polar surface area (TPSA) is 608 Å². The quantitative estimate of drug-likeness (QED) is 0.0102. The second-order valence-electron chi connectivity index (χ2n) is 29.8. The van der Waals surface area contributed by atoms with Gasteiger partial charge in [-0.15, -0.1) is 0 Å². The number of amides is 15. The van der Waals surface area contributed by atoms with Gasteiger partial charge in [0.05, 0.1) is 31.5 Å². The van der Waals surface area contributed by atoms with Crippen LogP contribution in [0, 0.1) is 23.2 Å². The molecule has 0 unspecified atom stereocenters. The first-order chi connectivity index (χ1) is 56.4. The van der Waals surface area contributed by atoms with Gasteiger partial charge in [0, 0.05) is 105 Å². The van der Waals surface area contributed by atoms with Crippen molar-refractivity contribution >= 4 is 144 Å². The molecule has 2 aromatic carbocycles. The molecule has 0 radical (unpaired) electrons. The minimum atomic E-state index is -2.06. The van der Waals surface area contributed by atoms with Crippen molar-refractivity contribution in [2.75, 3.05) is 52.3 Å². The maximum atomic E-state index is 15.3. The Morgan fingerprint density at radius 1 is 0.672 bits per heavy atom. The van der Waals surface area contributed by atoms with Crippen LogP contribution in [0.2, 0.25) is 0 Å². The van der Waals surface area contributed by atoms with Crippen LogP contribution in [0.25, 0.3) is 21.8 Å². The molecular weight excluding hydrogens is 1580 g/mol. The number of H-pyrrole nitrogens is 2. The zero-order valence-corrected chi connectivity index (χ0v) is 70.1. The van der Waals surface area contributed by atoms with Gasteiger partial charge in [-0.1, -0.05) is 112 Å². The smallest absolute Gasteiger partial charge is 0.305 e. The zero-order valence-electron chi connectivity index (χ0n) is 68.5. The number of carbonyl (C=O) groups excluding carboxylic acids is 15. The lowest BCUT2D eigenvalue weighted by Gasteiger charge is -2.33. The number of benzene rings is 2. The van der Waals surface area contributed by atoms with Crippen LogP contribution in [0.4, 0.5) is 0 Å². The summed E-state index contributed by atoms with van der Waals surface area (Å²) >= 11 is 0. The van der Waals surface area contributed by atoms with Crippen molar-refractivity contribution in [1.82, 2.24) is 98.4 Å². The highest BCUT2D eigenvalue weighted by atomic mass is 33.1. The summed E-state index contributed by atoms with van der Waals surface area (Å²) in [6.45, 7) is 10.3. The number of nitrogens with two attached hydrogens (primary N) is 3. The maximum Gasteiger partial charge on any atom is 0.305 e. The number of carboxylic acid groups (broad SMARTS) is 1. The van der Waals surface area contributed by atoms with Crippen molar-refractivity contribution in [1.29, 1.82) is 5.41 Å². The highest BCUT2D eigenvalue weighted by Gasteiger charge is 2.41. The molecule has 1 aliphatic heterocycles. The highest BCUT2D eigenvalue weighted by Crippen LogP contribution is 2.27. The molecule has 15 amide bonds. The largest absolute Gasteiger partial charge is 0.481 e. The van der Waals surface area contributed by atoms with Gasteiger partial charge in [0.1, 0.15) is 72.5 Å². The minimum absolute atomic E-state index is 0.0153.